The molecule has 0 unspecified atom stereocenters. The summed E-state index contributed by atoms with van der Waals surface area (Å²) in [6, 6.07) is 4.14. The molecule has 0 bridgehead atoms. The Morgan fingerprint density at radius 3 is 1.70 bits per heavy atom. The van der Waals surface area contributed by atoms with E-state index < -0.39 is 0 Å². The van der Waals surface area contributed by atoms with E-state index in [0.717, 1.165) is 0 Å². The fraction of sp³-hybridized carbons (Fsp3) is 0. The molecule has 0 radical (unpaired) electrons. The molecule has 1 aromatic carbocycles. The van der Waals surface area contributed by atoms with Gasteiger partial charge in [-0.05, 0) is 6.07 Å². The minimum atomic E-state index is -0.160. The van der Waals surface area contributed by atoms with Crippen LogP contribution in [0.3, 0.4) is 0 Å². The molecule has 0 N–H and O–H groups in total. The van der Waals surface area contributed by atoms with Crippen LogP contribution in [0.5, 0.6) is 5.75 Å². The van der Waals surface area contributed by atoms with E-state index >= 15 is 0 Å². The van der Waals surface area contributed by atoms with Crippen LogP contribution < -0.4 is 34.7 Å². The minimum absolute atomic E-state index is 0. The number of halogens is 2. The maximum Gasteiger partial charge on any atom is 1.00 e. The Morgan fingerprint density at radius 2 is 1.40 bits per heavy atom. The molecule has 0 amide bonds. The van der Waals surface area contributed by atoms with E-state index in [9.17, 15) is 5.11 Å². The van der Waals surface area contributed by atoms with E-state index in [1.54, 1.807) is 0 Å². The van der Waals surface area contributed by atoms with Crippen LogP contribution in [0, 0.1) is 0 Å². The van der Waals surface area contributed by atoms with Gasteiger partial charge in [0, 0.05) is 10.0 Å². The summed E-state index contributed by atoms with van der Waals surface area (Å²) in [6.45, 7) is 0. The van der Waals surface area contributed by atoms with E-state index in [-0.39, 0.29) is 35.3 Å². The fourth-order valence-corrected chi connectivity index (χ4v) is 1.03. The van der Waals surface area contributed by atoms with Crippen LogP contribution in [0.4, 0.5) is 0 Å². The number of hydrogen-bond donors (Lipinski definition) is 0. The summed E-state index contributed by atoms with van der Waals surface area (Å²) >= 11 is 10.9. The summed E-state index contributed by atoms with van der Waals surface area (Å²) in [4.78, 5) is 0. The minimum Gasteiger partial charge on any atom is -0.872 e. The molecule has 0 aromatic heterocycles. The van der Waals surface area contributed by atoms with Crippen molar-refractivity contribution in [2.45, 2.75) is 0 Å². The molecular weight excluding hydrogens is 182 g/mol. The summed E-state index contributed by atoms with van der Waals surface area (Å²) in [7, 11) is 0. The first-order valence-corrected chi connectivity index (χ1v) is 3.07. The molecule has 1 aromatic rings. The van der Waals surface area contributed by atoms with Crippen molar-refractivity contribution in [1.29, 1.82) is 0 Å². The third-order valence-corrected chi connectivity index (χ3v) is 1.27. The molecule has 0 aliphatic heterocycles. The Hall–Kier alpha value is 0.600. The predicted octanol–water partition coefficient (Wildman–Crippen LogP) is -0.929. The zero-order valence-electron chi connectivity index (χ0n) is 5.40. The molecule has 0 aliphatic rings. The first-order chi connectivity index (χ1) is 4.18. The zero-order chi connectivity index (χ0) is 6.85. The molecule has 1 rings (SSSR count). The smallest absolute Gasteiger partial charge is 0.872 e. The largest absolute Gasteiger partial charge is 1.00 e. The molecule has 4 heteroatoms. The third-order valence-electron chi connectivity index (χ3n) is 0.836. The van der Waals surface area contributed by atoms with E-state index in [1.165, 1.54) is 18.2 Å². The summed E-state index contributed by atoms with van der Waals surface area (Å²) in [5, 5.41) is 11.3. The van der Waals surface area contributed by atoms with Crippen molar-refractivity contribution in [1.82, 2.24) is 0 Å². The Bertz CT molecular complexity index is 177. The van der Waals surface area contributed by atoms with E-state index in [0.29, 0.717) is 10.0 Å². The molecule has 0 heterocycles. The summed E-state index contributed by atoms with van der Waals surface area (Å²) in [6.07, 6.45) is 0. The molecular formula is C6H3Cl2NaO. The van der Waals surface area contributed by atoms with Gasteiger partial charge in [0.2, 0.25) is 0 Å². The van der Waals surface area contributed by atoms with E-state index in [2.05, 4.69) is 0 Å². The van der Waals surface area contributed by atoms with E-state index in [4.69, 9.17) is 23.2 Å². The van der Waals surface area contributed by atoms with Crippen LogP contribution in [-0.4, -0.2) is 0 Å². The molecule has 10 heavy (non-hydrogen) atoms. The van der Waals surface area contributed by atoms with Crippen molar-refractivity contribution in [2.24, 2.45) is 0 Å². The van der Waals surface area contributed by atoms with Gasteiger partial charge in [-0.15, -0.1) is 5.75 Å². The van der Waals surface area contributed by atoms with E-state index in [1.807, 2.05) is 0 Å². The molecule has 0 atom stereocenters. The Morgan fingerprint density at radius 1 is 1.00 bits per heavy atom. The molecule has 0 fully saturated rings. The van der Waals surface area contributed by atoms with Gasteiger partial charge in [-0.1, -0.05) is 35.3 Å². The second-order valence-corrected chi connectivity index (χ2v) is 2.48. The summed E-state index contributed by atoms with van der Waals surface area (Å²) in [5.41, 5.74) is 0. The molecule has 0 aliphatic carbocycles. The van der Waals surface area contributed by atoms with Gasteiger partial charge in [0.15, 0.2) is 0 Å². The van der Waals surface area contributed by atoms with Crippen molar-refractivity contribution < 1.29 is 34.7 Å². The van der Waals surface area contributed by atoms with Gasteiger partial charge < -0.3 is 5.11 Å². The van der Waals surface area contributed by atoms with Crippen LogP contribution in [0.25, 0.3) is 0 Å². The maximum atomic E-state index is 10.5. The average Bonchev–Trinajstić information content (AvgIpc) is 1.59. The molecule has 1 nitrogen and oxygen atoms in total. The van der Waals surface area contributed by atoms with Crippen LogP contribution in [0.2, 0.25) is 10.0 Å². The van der Waals surface area contributed by atoms with Gasteiger partial charge in [-0.2, -0.15) is 0 Å². The van der Waals surface area contributed by atoms with Gasteiger partial charge in [-0.3, -0.25) is 0 Å². The first kappa shape index (κ1) is 10.6. The molecule has 48 valence electrons. The number of benzene rings is 1. The fourth-order valence-electron chi connectivity index (χ4n) is 0.529. The van der Waals surface area contributed by atoms with Gasteiger partial charge >= 0.3 is 29.6 Å². The second-order valence-electron chi connectivity index (χ2n) is 1.61. The van der Waals surface area contributed by atoms with Crippen LogP contribution >= 0.6 is 23.2 Å². The Kier molecular flexibility index (Phi) is 4.74. The van der Waals surface area contributed by atoms with Crippen LogP contribution in [-0.2, 0) is 0 Å². The van der Waals surface area contributed by atoms with Crippen LogP contribution in [0.1, 0.15) is 0 Å². The molecule has 0 saturated carbocycles. The SMILES string of the molecule is [Na+].[O-]c1cc(Cl)cc(Cl)c1. The maximum absolute atomic E-state index is 10.5. The molecule has 0 saturated heterocycles. The van der Waals surface area contributed by atoms with Crippen molar-refractivity contribution in [3.8, 4) is 5.75 Å². The first-order valence-electron chi connectivity index (χ1n) is 2.31. The van der Waals surface area contributed by atoms with Crippen molar-refractivity contribution in [3.05, 3.63) is 28.2 Å². The zero-order valence-corrected chi connectivity index (χ0v) is 8.91. The second kappa shape index (κ2) is 4.47. The van der Waals surface area contributed by atoms with Gasteiger partial charge in [-0.25, -0.2) is 0 Å². The average molecular weight is 185 g/mol. The predicted molar refractivity (Wildman–Crippen MR) is 35.9 cm³/mol. The standard InChI is InChI=1S/C6H4Cl2O.Na/c7-4-1-5(8)3-6(9)2-4;/h1-3,9H;/q;+1/p-1. The topological polar surface area (TPSA) is 23.1 Å². The normalized spacial score (nSPS) is 8.60. The van der Waals surface area contributed by atoms with Gasteiger partial charge in [0.1, 0.15) is 0 Å². The quantitative estimate of drug-likeness (QED) is 0.479. The van der Waals surface area contributed by atoms with Crippen molar-refractivity contribution >= 4 is 23.2 Å². The molecule has 0 spiro atoms. The van der Waals surface area contributed by atoms with Crippen molar-refractivity contribution in [3.63, 3.8) is 0 Å². The third kappa shape index (κ3) is 3.13. The summed E-state index contributed by atoms with van der Waals surface area (Å²) < 4.78 is 0. The Balaban J connectivity index is 0.000000810. The van der Waals surface area contributed by atoms with Crippen molar-refractivity contribution in [2.75, 3.05) is 0 Å². The number of rotatable bonds is 0. The van der Waals surface area contributed by atoms with Crippen LogP contribution in [0.15, 0.2) is 18.2 Å². The Labute approximate surface area is 91.2 Å². The number of hydrogen-bond acceptors (Lipinski definition) is 1. The van der Waals surface area contributed by atoms with Gasteiger partial charge in [0.25, 0.3) is 0 Å². The van der Waals surface area contributed by atoms with Gasteiger partial charge in [0.05, 0.1) is 0 Å². The summed E-state index contributed by atoms with van der Waals surface area (Å²) in [5.74, 6) is -0.160. The monoisotopic (exact) mass is 184 g/mol.